The van der Waals surface area contributed by atoms with Crippen LogP contribution in [0.4, 0.5) is 14.5 Å². The fourth-order valence-electron chi connectivity index (χ4n) is 3.33. The molecule has 1 heterocycles. The highest BCUT2D eigenvalue weighted by atomic mass is 35.5. The fraction of sp³-hybridized carbons (Fsp3) is 0.368. The van der Waals surface area contributed by atoms with Gasteiger partial charge in [-0.2, -0.15) is 8.78 Å². The molecule has 132 valence electrons. The molecule has 0 radical (unpaired) electrons. The molecule has 0 spiro atoms. The number of hydrogen-bond acceptors (Lipinski definition) is 3. The summed E-state index contributed by atoms with van der Waals surface area (Å²) in [4.78, 5) is 2.17. The Balaban J connectivity index is 1.79. The first-order valence-corrected chi connectivity index (χ1v) is 8.73. The van der Waals surface area contributed by atoms with E-state index in [1.165, 1.54) is 0 Å². The number of para-hydroxylation sites is 1. The zero-order chi connectivity index (χ0) is 17.6. The van der Waals surface area contributed by atoms with Crippen LogP contribution in [0.3, 0.4) is 0 Å². The molecule has 0 amide bonds. The summed E-state index contributed by atoms with van der Waals surface area (Å²) in [5, 5.41) is 3.94. The SMILES string of the molecule is CN1Cc2cc(-c3cccc(NC4CC4)c3OC(F)F)cc(Cl)c2C1. The van der Waals surface area contributed by atoms with Crippen LogP contribution in [0.1, 0.15) is 24.0 Å². The molecule has 0 atom stereocenters. The van der Waals surface area contributed by atoms with Crippen LogP contribution in [-0.2, 0) is 13.1 Å². The van der Waals surface area contributed by atoms with Crippen LogP contribution in [0.2, 0.25) is 5.02 Å². The molecule has 1 saturated carbocycles. The van der Waals surface area contributed by atoms with Gasteiger partial charge >= 0.3 is 6.61 Å². The van der Waals surface area contributed by atoms with Gasteiger partial charge in [0.25, 0.3) is 0 Å². The summed E-state index contributed by atoms with van der Waals surface area (Å²) < 4.78 is 30.9. The van der Waals surface area contributed by atoms with Crippen LogP contribution < -0.4 is 10.1 Å². The maximum absolute atomic E-state index is 13.0. The van der Waals surface area contributed by atoms with Gasteiger partial charge in [0.2, 0.25) is 0 Å². The van der Waals surface area contributed by atoms with E-state index in [0.717, 1.165) is 42.6 Å². The number of nitrogens with one attached hydrogen (secondary N) is 1. The van der Waals surface area contributed by atoms with Crippen molar-refractivity contribution in [1.29, 1.82) is 0 Å². The topological polar surface area (TPSA) is 24.5 Å². The second kappa shape index (κ2) is 6.46. The second-order valence-corrected chi connectivity index (χ2v) is 7.15. The molecule has 3 nitrogen and oxygen atoms in total. The smallest absolute Gasteiger partial charge is 0.387 e. The largest absolute Gasteiger partial charge is 0.432 e. The Morgan fingerprint density at radius 2 is 2.04 bits per heavy atom. The lowest BCUT2D eigenvalue weighted by molar-refractivity contribution is -0.0489. The Hall–Kier alpha value is -1.85. The number of fused-ring (bicyclic) bond motifs is 1. The van der Waals surface area contributed by atoms with Gasteiger partial charge in [0.15, 0.2) is 5.75 Å². The standard InChI is InChI=1S/C19H19ClF2N2O/c1-24-9-12-7-11(8-16(20)15(12)10-24)14-3-2-4-17(23-13-5-6-13)18(14)25-19(21)22/h2-4,7-8,13,19,23H,5-6,9-10H2,1H3. The molecule has 2 aliphatic rings. The summed E-state index contributed by atoms with van der Waals surface area (Å²) in [7, 11) is 2.03. The molecule has 2 aromatic rings. The predicted molar refractivity (Wildman–Crippen MR) is 95.3 cm³/mol. The van der Waals surface area contributed by atoms with Crippen molar-refractivity contribution in [2.24, 2.45) is 0 Å². The van der Waals surface area contributed by atoms with Crippen molar-refractivity contribution in [3.05, 3.63) is 46.5 Å². The lowest BCUT2D eigenvalue weighted by Gasteiger charge is -2.17. The summed E-state index contributed by atoms with van der Waals surface area (Å²) in [6.07, 6.45) is 2.10. The number of anilines is 1. The van der Waals surface area contributed by atoms with Crippen LogP contribution in [0.25, 0.3) is 11.1 Å². The summed E-state index contributed by atoms with van der Waals surface area (Å²) in [6.45, 7) is -1.27. The normalized spacial score (nSPS) is 17.0. The third-order valence-electron chi connectivity index (χ3n) is 4.63. The third-order valence-corrected chi connectivity index (χ3v) is 4.96. The van der Waals surface area contributed by atoms with Gasteiger partial charge in [-0.25, -0.2) is 0 Å². The molecule has 0 bridgehead atoms. The predicted octanol–water partition coefficient (Wildman–Crippen LogP) is 5.13. The van der Waals surface area contributed by atoms with E-state index in [0.29, 0.717) is 22.3 Å². The van der Waals surface area contributed by atoms with Crippen molar-refractivity contribution >= 4 is 17.3 Å². The minimum Gasteiger partial charge on any atom is -0.432 e. The summed E-state index contributed by atoms with van der Waals surface area (Å²) in [5.74, 6) is 0.187. The fourth-order valence-corrected chi connectivity index (χ4v) is 3.62. The monoisotopic (exact) mass is 364 g/mol. The number of halogens is 3. The number of alkyl halides is 2. The average molecular weight is 365 g/mol. The third kappa shape index (κ3) is 3.44. The zero-order valence-electron chi connectivity index (χ0n) is 13.9. The Morgan fingerprint density at radius 3 is 2.76 bits per heavy atom. The van der Waals surface area contributed by atoms with Gasteiger partial charge in [-0.15, -0.1) is 0 Å². The van der Waals surface area contributed by atoms with Crippen LogP contribution in [0.15, 0.2) is 30.3 Å². The second-order valence-electron chi connectivity index (χ2n) is 6.75. The highest BCUT2D eigenvalue weighted by Gasteiger charge is 2.25. The zero-order valence-corrected chi connectivity index (χ0v) is 14.6. The van der Waals surface area contributed by atoms with Gasteiger partial charge in [0, 0.05) is 29.7 Å². The first-order valence-electron chi connectivity index (χ1n) is 8.36. The van der Waals surface area contributed by atoms with Crippen molar-refractivity contribution in [3.8, 4) is 16.9 Å². The Labute approximate surface area is 150 Å². The number of ether oxygens (including phenoxy) is 1. The molecule has 1 N–H and O–H groups in total. The van der Waals surface area contributed by atoms with Crippen LogP contribution in [0, 0.1) is 0 Å². The molecule has 25 heavy (non-hydrogen) atoms. The molecular weight excluding hydrogens is 346 g/mol. The molecule has 1 fully saturated rings. The lowest BCUT2D eigenvalue weighted by Crippen LogP contribution is -2.09. The molecular formula is C19H19ClF2N2O. The molecule has 0 saturated heterocycles. The summed E-state index contributed by atoms with van der Waals surface area (Å²) in [5.41, 5.74) is 4.28. The molecule has 2 aromatic carbocycles. The highest BCUT2D eigenvalue weighted by Crippen LogP contribution is 2.42. The number of benzene rings is 2. The van der Waals surface area contributed by atoms with E-state index in [2.05, 4.69) is 10.2 Å². The maximum Gasteiger partial charge on any atom is 0.387 e. The minimum absolute atomic E-state index is 0.187. The first kappa shape index (κ1) is 16.6. The maximum atomic E-state index is 13.0. The van der Waals surface area contributed by atoms with Crippen molar-refractivity contribution in [1.82, 2.24) is 4.90 Å². The van der Waals surface area contributed by atoms with E-state index in [1.807, 2.05) is 25.2 Å². The van der Waals surface area contributed by atoms with E-state index in [-0.39, 0.29) is 5.75 Å². The van der Waals surface area contributed by atoms with E-state index in [4.69, 9.17) is 16.3 Å². The van der Waals surface area contributed by atoms with Gasteiger partial charge in [-0.05, 0) is 54.8 Å². The van der Waals surface area contributed by atoms with E-state index < -0.39 is 6.61 Å². The van der Waals surface area contributed by atoms with Gasteiger partial charge in [0.05, 0.1) is 5.69 Å². The average Bonchev–Trinajstić information content (AvgIpc) is 3.28. The molecule has 6 heteroatoms. The number of nitrogens with zero attached hydrogens (tertiary/aromatic N) is 1. The van der Waals surface area contributed by atoms with Crippen LogP contribution in [0.5, 0.6) is 5.75 Å². The van der Waals surface area contributed by atoms with Gasteiger partial charge in [0.1, 0.15) is 0 Å². The van der Waals surface area contributed by atoms with Crippen molar-refractivity contribution in [2.45, 2.75) is 38.6 Å². The molecule has 0 unspecified atom stereocenters. The van der Waals surface area contributed by atoms with Gasteiger partial charge < -0.3 is 10.1 Å². The quantitative estimate of drug-likeness (QED) is 0.796. The Morgan fingerprint density at radius 1 is 1.24 bits per heavy atom. The molecule has 4 rings (SSSR count). The van der Waals surface area contributed by atoms with Crippen LogP contribution in [-0.4, -0.2) is 24.6 Å². The first-order chi connectivity index (χ1) is 12.0. The van der Waals surface area contributed by atoms with E-state index in [1.54, 1.807) is 12.1 Å². The summed E-state index contributed by atoms with van der Waals surface area (Å²) >= 11 is 6.45. The molecule has 0 aromatic heterocycles. The van der Waals surface area contributed by atoms with Crippen molar-refractivity contribution < 1.29 is 13.5 Å². The number of rotatable bonds is 5. The van der Waals surface area contributed by atoms with Crippen molar-refractivity contribution in [3.63, 3.8) is 0 Å². The highest BCUT2D eigenvalue weighted by molar-refractivity contribution is 6.31. The van der Waals surface area contributed by atoms with Gasteiger partial charge in [-0.3, -0.25) is 4.90 Å². The van der Waals surface area contributed by atoms with Crippen LogP contribution >= 0.6 is 11.6 Å². The summed E-state index contributed by atoms with van der Waals surface area (Å²) in [6, 6.07) is 9.64. The van der Waals surface area contributed by atoms with Crippen molar-refractivity contribution in [2.75, 3.05) is 12.4 Å². The van der Waals surface area contributed by atoms with E-state index >= 15 is 0 Å². The van der Waals surface area contributed by atoms with Gasteiger partial charge in [-0.1, -0.05) is 23.7 Å². The molecule has 1 aliphatic carbocycles. The Bertz CT molecular complexity index is 808. The molecule has 1 aliphatic heterocycles. The number of hydrogen-bond donors (Lipinski definition) is 1. The van der Waals surface area contributed by atoms with E-state index in [9.17, 15) is 8.78 Å². The lowest BCUT2D eigenvalue weighted by atomic mass is 9.99. The Kier molecular flexibility index (Phi) is 4.29. The minimum atomic E-state index is -2.88.